The fourth-order valence-electron chi connectivity index (χ4n) is 10.0. The fourth-order valence-corrected chi connectivity index (χ4v) is 14.7. The third kappa shape index (κ3) is 8.28. The van der Waals surface area contributed by atoms with Crippen molar-refractivity contribution in [2.75, 3.05) is 15.1 Å². The Labute approximate surface area is 394 Å². The van der Waals surface area contributed by atoms with Crippen LogP contribution in [0.15, 0.2) is 115 Å². The van der Waals surface area contributed by atoms with Gasteiger partial charge in [0.15, 0.2) is 8.07 Å². The predicted octanol–water partition coefficient (Wildman–Crippen LogP) is 15.9. The van der Waals surface area contributed by atoms with Gasteiger partial charge in [-0.2, -0.15) is 0 Å². The minimum absolute atomic E-state index is 0.0346. The molecule has 0 amide bonds. The summed E-state index contributed by atoms with van der Waals surface area (Å²) in [6, 6.07) is 45.8. The van der Waals surface area contributed by atoms with Crippen molar-refractivity contribution in [3.05, 3.63) is 149 Å². The van der Waals surface area contributed by atoms with Crippen molar-refractivity contribution in [1.29, 1.82) is 0 Å². The molecule has 0 saturated carbocycles. The van der Waals surface area contributed by atoms with Crippen molar-refractivity contribution in [1.82, 2.24) is 0 Å². The maximum atomic E-state index is 4.15. The van der Waals surface area contributed by atoms with Crippen LogP contribution in [0.1, 0.15) is 158 Å². The summed E-state index contributed by atoms with van der Waals surface area (Å²) in [5, 5.41) is 8.48. The molecule has 4 heteroatoms. The van der Waals surface area contributed by atoms with Crippen LogP contribution in [0.25, 0.3) is 0 Å². The van der Waals surface area contributed by atoms with E-state index in [-0.39, 0.29) is 32.5 Å². The second-order valence-electron chi connectivity index (χ2n) is 25.6. The minimum Gasteiger partial charge on any atom is -0.356 e. The Kier molecular flexibility index (Phi) is 10.9. The lowest BCUT2D eigenvalue weighted by molar-refractivity contribution is 0.589. The van der Waals surface area contributed by atoms with Gasteiger partial charge in [0.1, 0.15) is 0 Å². The largest absolute Gasteiger partial charge is 0.356 e. The molecule has 1 atom stereocenters. The zero-order valence-electron chi connectivity index (χ0n) is 43.4. The molecule has 2 aliphatic rings. The summed E-state index contributed by atoms with van der Waals surface area (Å²) in [6.45, 7) is 44.6. The zero-order valence-corrected chi connectivity index (χ0v) is 44.4. The molecular formula is C61H77N3Si. The smallest absolute Gasteiger partial charge is 0.158 e. The first-order chi connectivity index (χ1) is 29.9. The number of nitrogens with one attached hydrogen (secondary N) is 1. The highest BCUT2D eigenvalue weighted by atomic mass is 28.3. The summed E-state index contributed by atoms with van der Waals surface area (Å²) in [4.78, 5) is 5.27. The van der Waals surface area contributed by atoms with Crippen LogP contribution in [-0.4, -0.2) is 8.07 Å². The number of hydrogen-bond donors (Lipinski definition) is 1. The van der Waals surface area contributed by atoms with E-state index in [1.165, 1.54) is 88.8 Å². The Morgan fingerprint density at radius 3 is 1.06 bits per heavy atom. The first-order valence-electron chi connectivity index (χ1n) is 24.1. The molecule has 0 aliphatic carbocycles. The summed E-state index contributed by atoms with van der Waals surface area (Å²) in [5.41, 5.74) is 17.8. The van der Waals surface area contributed by atoms with E-state index in [9.17, 15) is 0 Å². The number of hydrogen-bond acceptors (Lipinski definition) is 3. The van der Waals surface area contributed by atoms with Crippen LogP contribution in [0, 0.1) is 0 Å². The van der Waals surface area contributed by atoms with Gasteiger partial charge in [-0.3, -0.25) is 0 Å². The quantitative estimate of drug-likeness (QED) is 0.178. The molecule has 8 rings (SSSR count). The van der Waals surface area contributed by atoms with Crippen LogP contribution in [-0.2, 0) is 32.5 Å². The van der Waals surface area contributed by atoms with Crippen molar-refractivity contribution in [2.45, 2.75) is 164 Å². The second kappa shape index (κ2) is 15.2. The lowest BCUT2D eigenvalue weighted by Crippen LogP contribution is -2.71. The van der Waals surface area contributed by atoms with Gasteiger partial charge in [0.05, 0.1) is 0 Å². The highest BCUT2D eigenvalue weighted by Gasteiger charge is 2.53. The van der Waals surface area contributed by atoms with Gasteiger partial charge < -0.3 is 15.1 Å². The molecule has 2 aliphatic heterocycles. The summed E-state index contributed by atoms with van der Waals surface area (Å²) >= 11 is 0. The van der Waals surface area contributed by atoms with E-state index < -0.39 is 8.07 Å². The summed E-state index contributed by atoms with van der Waals surface area (Å²) in [6.07, 6.45) is 0. The van der Waals surface area contributed by atoms with Crippen LogP contribution in [0.5, 0.6) is 0 Å². The van der Waals surface area contributed by atoms with Crippen molar-refractivity contribution in [3.63, 3.8) is 0 Å². The predicted molar refractivity (Wildman–Crippen MR) is 288 cm³/mol. The molecule has 6 aromatic rings. The van der Waals surface area contributed by atoms with Gasteiger partial charge in [0.2, 0.25) is 0 Å². The Bertz CT molecular complexity index is 2730. The van der Waals surface area contributed by atoms with Crippen molar-refractivity contribution < 1.29 is 0 Å². The number of fused-ring (bicyclic) bond motifs is 4. The average molecular weight is 880 g/mol. The maximum absolute atomic E-state index is 4.15. The molecule has 340 valence electrons. The SMILES string of the molecule is CC(C)(C)c1ccc(Nc2cc(C(C)(C)C)cc3c2[Si]2(C)c4ccc(C(C)(C)C)cc4N(c4ccc(C(C)(C)C)cc4)c4cc(C(C)(C)C)cc(c42)N3c2ccc(C(C)(C)C)cc2)cc1. The zero-order chi connectivity index (χ0) is 47.6. The van der Waals surface area contributed by atoms with Gasteiger partial charge in [-0.25, -0.2) is 0 Å². The number of rotatable bonds is 4. The molecule has 1 unspecified atom stereocenters. The van der Waals surface area contributed by atoms with Crippen molar-refractivity contribution >= 4 is 69.1 Å². The van der Waals surface area contributed by atoms with Crippen LogP contribution in [0.2, 0.25) is 6.55 Å². The topological polar surface area (TPSA) is 18.5 Å². The van der Waals surface area contributed by atoms with Gasteiger partial charge >= 0.3 is 0 Å². The van der Waals surface area contributed by atoms with Gasteiger partial charge in [-0.05, 0) is 148 Å². The summed E-state index contributed by atoms with van der Waals surface area (Å²) in [5.74, 6) is 0. The van der Waals surface area contributed by atoms with Gasteiger partial charge in [-0.1, -0.05) is 180 Å². The van der Waals surface area contributed by atoms with Crippen LogP contribution in [0.3, 0.4) is 0 Å². The first-order valence-corrected chi connectivity index (χ1v) is 26.6. The van der Waals surface area contributed by atoms with Crippen LogP contribution < -0.4 is 30.7 Å². The lowest BCUT2D eigenvalue weighted by Gasteiger charge is -2.51. The number of benzene rings is 6. The molecule has 65 heavy (non-hydrogen) atoms. The Balaban J connectivity index is 1.55. The van der Waals surface area contributed by atoms with Crippen LogP contribution in [0.4, 0.5) is 45.5 Å². The van der Waals surface area contributed by atoms with E-state index in [0.717, 1.165) is 5.69 Å². The van der Waals surface area contributed by atoms with Gasteiger partial charge in [-0.15, -0.1) is 0 Å². The minimum atomic E-state index is -2.89. The summed E-state index contributed by atoms with van der Waals surface area (Å²) in [7, 11) is -2.89. The van der Waals surface area contributed by atoms with E-state index in [1.807, 2.05) is 0 Å². The van der Waals surface area contributed by atoms with E-state index in [4.69, 9.17) is 0 Å². The molecule has 0 spiro atoms. The average Bonchev–Trinajstić information content (AvgIpc) is 3.19. The maximum Gasteiger partial charge on any atom is 0.158 e. The molecule has 6 aromatic carbocycles. The molecule has 2 heterocycles. The molecule has 0 fully saturated rings. The van der Waals surface area contributed by atoms with Crippen molar-refractivity contribution in [3.8, 4) is 0 Å². The molecular weight excluding hydrogens is 803 g/mol. The Morgan fingerprint density at radius 1 is 0.338 bits per heavy atom. The van der Waals surface area contributed by atoms with Crippen LogP contribution >= 0.6 is 0 Å². The summed E-state index contributed by atoms with van der Waals surface area (Å²) < 4.78 is 0. The highest BCUT2D eigenvalue weighted by molar-refractivity contribution is 7.15. The Morgan fingerprint density at radius 2 is 0.662 bits per heavy atom. The van der Waals surface area contributed by atoms with Crippen molar-refractivity contribution in [2.24, 2.45) is 0 Å². The monoisotopic (exact) mass is 880 g/mol. The number of nitrogens with zero attached hydrogens (tertiary/aromatic N) is 2. The molecule has 0 radical (unpaired) electrons. The molecule has 1 N–H and O–H groups in total. The lowest BCUT2D eigenvalue weighted by atomic mass is 9.84. The second-order valence-corrected chi connectivity index (χ2v) is 29.4. The molecule has 0 saturated heterocycles. The fraction of sp³-hybridized carbons (Fsp3) is 0.410. The van der Waals surface area contributed by atoms with E-state index >= 15 is 0 Å². The highest BCUT2D eigenvalue weighted by Crippen LogP contribution is 2.51. The molecule has 0 bridgehead atoms. The van der Waals surface area contributed by atoms with Gasteiger partial charge in [0, 0.05) is 45.5 Å². The third-order valence-corrected chi connectivity index (χ3v) is 18.9. The van der Waals surface area contributed by atoms with E-state index in [2.05, 4.69) is 262 Å². The van der Waals surface area contributed by atoms with E-state index in [1.54, 1.807) is 0 Å². The number of anilines is 8. The van der Waals surface area contributed by atoms with Gasteiger partial charge in [0.25, 0.3) is 0 Å². The molecule has 0 aromatic heterocycles. The molecule has 3 nitrogen and oxygen atoms in total. The third-order valence-electron chi connectivity index (χ3n) is 14.3. The van der Waals surface area contributed by atoms with E-state index in [0.29, 0.717) is 0 Å². The standard InChI is InChI=1S/C61H77N3Si/c1-56(2,3)39-20-27-45(28-21-39)62-48-34-43(60(13,14)15)36-50-54(48)65(19)53-33-26-42(59(10,11)12)35-49(53)63(46-29-22-40(23-30-46)57(4,5)6)51-37-44(61(16,17)18)38-52(55(51)65)64(50)47-31-24-41(25-32-47)58(7,8)9/h20-38,62H,1-19H3. The first kappa shape index (κ1) is 46.5. The normalized spacial score (nSPS) is 16.5. The Hall–Kier alpha value is -5.06.